The van der Waals surface area contributed by atoms with Crippen LogP contribution in [0.4, 0.5) is 17.6 Å². The highest BCUT2D eigenvalue weighted by atomic mass is 19.4. The van der Waals surface area contributed by atoms with E-state index in [2.05, 4.69) is 14.8 Å². The molecule has 0 saturated heterocycles. The molecule has 1 amide bonds. The lowest BCUT2D eigenvalue weighted by Crippen LogP contribution is -2.41. The van der Waals surface area contributed by atoms with Crippen LogP contribution in [-0.4, -0.2) is 25.3 Å². The van der Waals surface area contributed by atoms with Crippen molar-refractivity contribution >= 4 is 11.9 Å². The second-order valence-electron chi connectivity index (χ2n) is 5.92. The third kappa shape index (κ3) is 5.39. The van der Waals surface area contributed by atoms with E-state index < -0.39 is 41.3 Å². The summed E-state index contributed by atoms with van der Waals surface area (Å²) >= 11 is 0. The number of carbonyl (C=O) groups excluding carboxylic acids is 2. The quantitative estimate of drug-likeness (QED) is 0.669. The van der Waals surface area contributed by atoms with E-state index in [4.69, 9.17) is 0 Å². The first-order valence-electron chi connectivity index (χ1n) is 6.79. The second kappa shape index (κ2) is 7.06. The van der Waals surface area contributed by atoms with Gasteiger partial charge in [-0.2, -0.15) is 0 Å². The summed E-state index contributed by atoms with van der Waals surface area (Å²) in [7, 11) is 1.07. The Labute approximate surface area is 135 Å². The highest BCUT2D eigenvalue weighted by Crippen LogP contribution is 2.28. The van der Waals surface area contributed by atoms with Crippen LogP contribution in [0.25, 0.3) is 0 Å². The number of carbonyl (C=O) groups is 2. The highest BCUT2D eigenvalue weighted by Gasteiger charge is 2.33. The molecule has 0 spiro atoms. The molecule has 24 heavy (non-hydrogen) atoms. The molecule has 0 aliphatic heterocycles. The Balaban J connectivity index is 3.14. The molecule has 0 fully saturated rings. The van der Waals surface area contributed by atoms with E-state index >= 15 is 0 Å². The minimum absolute atomic E-state index is 0.0773. The van der Waals surface area contributed by atoms with Crippen LogP contribution < -0.4 is 10.1 Å². The van der Waals surface area contributed by atoms with Crippen molar-refractivity contribution in [3.63, 3.8) is 0 Å². The van der Waals surface area contributed by atoms with Gasteiger partial charge in [0.15, 0.2) is 17.6 Å². The molecular weight excluding hydrogens is 334 g/mol. The first kappa shape index (κ1) is 19.7. The summed E-state index contributed by atoms with van der Waals surface area (Å²) in [5.74, 6) is -3.79. The summed E-state index contributed by atoms with van der Waals surface area (Å²) in [6.45, 7) is 4.78. The first-order valence-corrected chi connectivity index (χ1v) is 6.79. The lowest BCUT2D eigenvalue weighted by Gasteiger charge is -2.23. The van der Waals surface area contributed by atoms with Crippen molar-refractivity contribution in [1.29, 1.82) is 0 Å². The molecule has 1 aromatic carbocycles. The van der Waals surface area contributed by atoms with Crippen molar-refractivity contribution in [2.45, 2.75) is 33.2 Å². The van der Waals surface area contributed by atoms with Crippen molar-refractivity contribution in [2.24, 2.45) is 5.41 Å². The van der Waals surface area contributed by atoms with Crippen LogP contribution in [0.3, 0.4) is 0 Å². The van der Waals surface area contributed by atoms with Crippen LogP contribution in [-0.2, 0) is 14.3 Å². The lowest BCUT2D eigenvalue weighted by molar-refractivity contribution is -0.275. The summed E-state index contributed by atoms with van der Waals surface area (Å²) in [5, 5.41) is 2.38. The zero-order valence-corrected chi connectivity index (χ0v) is 13.5. The summed E-state index contributed by atoms with van der Waals surface area (Å²) in [6.07, 6.45) is -5.05. The summed E-state index contributed by atoms with van der Waals surface area (Å²) in [5.41, 5.74) is -0.920. The molecule has 0 aromatic heterocycles. The van der Waals surface area contributed by atoms with Crippen molar-refractivity contribution in [1.82, 2.24) is 5.32 Å². The summed E-state index contributed by atoms with van der Waals surface area (Å²) in [6, 6.07) is 1.06. The van der Waals surface area contributed by atoms with Crippen molar-refractivity contribution in [3.05, 3.63) is 29.6 Å². The number of esters is 1. The van der Waals surface area contributed by atoms with Gasteiger partial charge >= 0.3 is 12.3 Å². The Bertz CT molecular complexity index is 623. The number of alkyl halides is 3. The second-order valence-corrected chi connectivity index (χ2v) is 5.92. The molecule has 0 radical (unpaired) electrons. The molecule has 0 saturated carbocycles. The van der Waals surface area contributed by atoms with E-state index in [1.54, 1.807) is 20.8 Å². The average molecular weight is 351 g/mol. The van der Waals surface area contributed by atoms with Crippen LogP contribution >= 0.6 is 0 Å². The predicted molar refractivity (Wildman–Crippen MR) is 75.4 cm³/mol. The predicted octanol–water partition coefficient (Wildman–Crippen LogP) is 3.10. The van der Waals surface area contributed by atoms with E-state index in [9.17, 15) is 27.2 Å². The molecule has 1 atom stereocenters. The van der Waals surface area contributed by atoms with Gasteiger partial charge < -0.3 is 14.8 Å². The molecule has 134 valence electrons. The first-order chi connectivity index (χ1) is 10.8. The van der Waals surface area contributed by atoms with Gasteiger partial charge in [0, 0.05) is 5.41 Å². The number of rotatable bonds is 4. The Kier molecular flexibility index (Phi) is 5.80. The molecule has 0 bridgehead atoms. The van der Waals surface area contributed by atoms with Gasteiger partial charge in [-0.3, -0.25) is 4.79 Å². The standard InChI is InChI=1S/C15H17F4NO4/c1-14(2,3)13(22)20-11(12(21)23-4)8-5-6-10(9(16)7-8)24-15(17,18)19/h5-7,11H,1-4H3,(H,20,22). The van der Waals surface area contributed by atoms with Crippen LogP contribution in [0.1, 0.15) is 32.4 Å². The maximum Gasteiger partial charge on any atom is 0.573 e. The van der Waals surface area contributed by atoms with Gasteiger partial charge in [0.1, 0.15) is 0 Å². The maximum absolute atomic E-state index is 13.8. The van der Waals surface area contributed by atoms with Gasteiger partial charge in [-0.05, 0) is 17.7 Å². The van der Waals surface area contributed by atoms with Gasteiger partial charge in [0.25, 0.3) is 0 Å². The van der Waals surface area contributed by atoms with Crippen LogP contribution in [0.5, 0.6) is 5.75 Å². The van der Waals surface area contributed by atoms with E-state index in [1.165, 1.54) is 0 Å². The molecule has 1 N–H and O–H groups in total. The number of ether oxygens (including phenoxy) is 2. The van der Waals surface area contributed by atoms with Crippen LogP contribution in [0.2, 0.25) is 0 Å². The number of amides is 1. The van der Waals surface area contributed by atoms with E-state index in [0.717, 1.165) is 19.2 Å². The lowest BCUT2D eigenvalue weighted by atomic mass is 9.94. The van der Waals surface area contributed by atoms with E-state index in [1.807, 2.05) is 0 Å². The minimum Gasteiger partial charge on any atom is -0.467 e. The van der Waals surface area contributed by atoms with Gasteiger partial charge in [-0.25, -0.2) is 9.18 Å². The number of hydrogen-bond acceptors (Lipinski definition) is 4. The smallest absolute Gasteiger partial charge is 0.467 e. The van der Waals surface area contributed by atoms with E-state index in [-0.39, 0.29) is 5.56 Å². The molecule has 0 heterocycles. The molecule has 0 aliphatic carbocycles. The van der Waals surface area contributed by atoms with Crippen LogP contribution in [0.15, 0.2) is 18.2 Å². The minimum atomic E-state index is -5.05. The Hall–Kier alpha value is -2.32. The molecule has 0 aliphatic rings. The fourth-order valence-electron chi connectivity index (χ4n) is 1.65. The number of hydrogen-bond donors (Lipinski definition) is 1. The normalized spacial score (nSPS) is 13.2. The van der Waals surface area contributed by atoms with Gasteiger partial charge in [-0.1, -0.05) is 26.8 Å². The fraction of sp³-hybridized carbons (Fsp3) is 0.467. The molecular formula is C15H17F4NO4. The fourth-order valence-corrected chi connectivity index (χ4v) is 1.65. The molecule has 9 heteroatoms. The Morgan fingerprint density at radius 3 is 2.17 bits per heavy atom. The summed E-state index contributed by atoms with van der Waals surface area (Å²) < 4.78 is 58.3. The average Bonchev–Trinajstić information content (AvgIpc) is 2.43. The third-order valence-electron chi connectivity index (χ3n) is 2.91. The van der Waals surface area contributed by atoms with Gasteiger partial charge in [0.05, 0.1) is 7.11 Å². The third-order valence-corrected chi connectivity index (χ3v) is 2.91. The Morgan fingerprint density at radius 1 is 1.17 bits per heavy atom. The molecule has 1 unspecified atom stereocenters. The topological polar surface area (TPSA) is 64.6 Å². The van der Waals surface area contributed by atoms with Crippen molar-refractivity contribution in [2.75, 3.05) is 7.11 Å². The number of benzene rings is 1. The van der Waals surface area contributed by atoms with Crippen molar-refractivity contribution < 1.29 is 36.6 Å². The Morgan fingerprint density at radius 2 is 1.75 bits per heavy atom. The molecule has 1 rings (SSSR count). The van der Waals surface area contributed by atoms with Crippen molar-refractivity contribution in [3.8, 4) is 5.75 Å². The number of halogens is 4. The summed E-state index contributed by atoms with van der Waals surface area (Å²) in [4.78, 5) is 23.9. The monoisotopic (exact) mass is 351 g/mol. The van der Waals surface area contributed by atoms with E-state index in [0.29, 0.717) is 6.07 Å². The highest BCUT2D eigenvalue weighted by molar-refractivity contribution is 5.88. The van der Waals surface area contributed by atoms with Gasteiger partial charge in [0.2, 0.25) is 5.91 Å². The zero-order chi connectivity index (χ0) is 18.7. The SMILES string of the molecule is COC(=O)C(NC(=O)C(C)(C)C)c1ccc(OC(F)(F)F)c(F)c1. The molecule has 1 aromatic rings. The molecule has 5 nitrogen and oxygen atoms in total. The van der Waals surface area contributed by atoms with Gasteiger partial charge in [-0.15, -0.1) is 13.2 Å². The largest absolute Gasteiger partial charge is 0.573 e. The number of methoxy groups -OCH3 is 1. The zero-order valence-electron chi connectivity index (χ0n) is 13.5. The maximum atomic E-state index is 13.8. The van der Waals surface area contributed by atoms with Crippen LogP contribution in [0, 0.1) is 11.2 Å². The number of nitrogens with one attached hydrogen (secondary N) is 1.